The van der Waals surface area contributed by atoms with E-state index in [0.29, 0.717) is 6.42 Å². The number of rotatable bonds is 9. The number of amides is 1. The first-order chi connectivity index (χ1) is 11.4. The highest BCUT2D eigenvalue weighted by Gasteiger charge is 2.28. The van der Waals surface area contributed by atoms with E-state index in [1.165, 1.54) is 11.1 Å². The summed E-state index contributed by atoms with van der Waals surface area (Å²) in [6, 6.07) is 8.52. The van der Waals surface area contributed by atoms with Gasteiger partial charge in [-0.15, -0.1) is 0 Å². The molecule has 2 rings (SSSR count). The third-order valence-electron chi connectivity index (χ3n) is 4.87. The molecule has 1 heterocycles. The number of benzene rings is 1. The second-order valence-corrected chi connectivity index (χ2v) is 7.31. The molecule has 1 unspecified atom stereocenters. The van der Waals surface area contributed by atoms with Crippen molar-refractivity contribution in [3.05, 3.63) is 35.4 Å². The fourth-order valence-electron chi connectivity index (χ4n) is 3.43. The monoisotopic (exact) mass is 332 g/mol. The molecule has 1 N–H and O–H groups in total. The van der Waals surface area contributed by atoms with Gasteiger partial charge >= 0.3 is 0 Å². The predicted molar refractivity (Wildman–Crippen MR) is 97.6 cm³/mol. The lowest BCUT2D eigenvalue weighted by molar-refractivity contribution is -0.138. The first kappa shape index (κ1) is 18.9. The number of hydrogen-bond donors (Lipinski definition) is 1. The molecular weight excluding hydrogens is 300 g/mol. The lowest BCUT2D eigenvalue weighted by Gasteiger charge is -2.29. The molecule has 134 valence electrons. The van der Waals surface area contributed by atoms with Gasteiger partial charge in [0, 0.05) is 26.1 Å². The minimum absolute atomic E-state index is 0.224. The van der Waals surface area contributed by atoms with Crippen LogP contribution in [0.3, 0.4) is 0 Å². The largest absolute Gasteiger partial charge is 0.390 e. The van der Waals surface area contributed by atoms with Gasteiger partial charge in [0.05, 0.1) is 5.60 Å². The molecule has 1 fully saturated rings. The van der Waals surface area contributed by atoms with E-state index in [1.54, 1.807) is 0 Å². The zero-order valence-corrected chi connectivity index (χ0v) is 15.4. The molecule has 0 spiro atoms. The molecule has 0 aromatic heterocycles. The highest BCUT2D eigenvalue weighted by Crippen LogP contribution is 2.20. The van der Waals surface area contributed by atoms with Crippen LogP contribution >= 0.6 is 0 Å². The van der Waals surface area contributed by atoms with Crippen LogP contribution in [0.4, 0.5) is 0 Å². The maximum Gasteiger partial charge on any atom is 0.238 e. The zero-order valence-electron chi connectivity index (χ0n) is 15.4. The number of carbonyl (C=O) groups is 1. The summed E-state index contributed by atoms with van der Waals surface area (Å²) in [6.45, 7) is 8.50. The summed E-state index contributed by atoms with van der Waals surface area (Å²) in [4.78, 5) is 12.2. The molecule has 1 atom stereocenters. The summed E-state index contributed by atoms with van der Waals surface area (Å²) in [7, 11) is 0. The molecule has 1 saturated heterocycles. The third-order valence-corrected chi connectivity index (χ3v) is 4.87. The Morgan fingerprint density at radius 3 is 2.54 bits per heavy atom. The van der Waals surface area contributed by atoms with Gasteiger partial charge in [-0.2, -0.15) is 0 Å². The maximum atomic E-state index is 12.2. The van der Waals surface area contributed by atoms with Gasteiger partial charge in [-0.05, 0) is 45.1 Å². The molecule has 4 nitrogen and oxygen atoms in total. The van der Waals surface area contributed by atoms with Crippen molar-refractivity contribution in [2.24, 2.45) is 0 Å². The van der Waals surface area contributed by atoms with Crippen LogP contribution in [-0.4, -0.2) is 46.3 Å². The molecule has 1 aromatic rings. The van der Waals surface area contributed by atoms with Crippen LogP contribution in [0.1, 0.15) is 57.1 Å². The fourth-order valence-corrected chi connectivity index (χ4v) is 3.43. The normalized spacial score (nSPS) is 18.2. The van der Waals surface area contributed by atoms with Crippen LogP contribution in [0.25, 0.3) is 0 Å². The molecule has 0 bridgehead atoms. The Hall–Kier alpha value is -1.39. The summed E-state index contributed by atoms with van der Waals surface area (Å²) >= 11 is 0. The number of nitrogens with zero attached hydrogens (tertiary/aromatic N) is 2. The standard InChI is InChI=1S/C20H32N2O2/c1-4-12-20(3,24)13-5-14-21-15-11-19(23)22(21)16-10-18-8-6-17(2)7-9-18/h6-9,24H,4-5,10-16H2,1-3H3. The summed E-state index contributed by atoms with van der Waals surface area (Å²) in [5.74, 6) is 0.224. The molecular formula is C20H32N2O2. The summed E-state index contributed by atoms with van der Waals surface area (Å²) in [5.41, 5.74) is 1.95. The number of aliphatic hydroxyl groups is 1. The summed E-state index contributed by atoms with van der Waals surface area (Å²) in [6.07, 6.45) is 5.04. The third kappa shape index (κ3) is 5.60. The molecule has 24 heavy (non-hydrogen) atoms. The van der Waals surface area contributed by atoms with Gasteiger partial charge in [-0.25, -0.2) is 5.01 Å². The van der Waals surface area contributed by atoms with Crippen LogP contribution in [0.2, 0.25) is 0 Å². The van der Waals surface area contributed by atoms with Crippen molar-refractivity contribution in [1.29, 1.82) is 0 Å². The van der Waals surface area contributed by atoms with Crippen molar-refractivity contribution in [3.63, 3.8) is 0 Å². The SMILES string of the molecule is CCCC(C)(O)CCCN1CCC(=O)N1CCc1ccc(C)cc1. The van der Waals surface area contributed by atoms with Gasteiger partial charge in [0.1, 0.15) is 0 Å². The number of hydrogen-bond acceptors (Lipinski definition) is 3. The smallest absolute Gasteiger partial charge is 0.238 e. The molecule has 4 heteroatoms. The van der Waals surface area contributed by atoms with Crippen LogP contribution in [0.15, 0.2) is 24.3 Å². The van der Waals surface area contributed by atoms with Gasteiger partial charge in [-0.3, -0.25) is 9.80 Å². The van der Waals surface area contributed by atoms with Crippen LogP contribution < -0.4 is 0 Å². The average Bonchev–Trinajstić information content (AvgIpc) is 2.87. The maximum absolute atomic E-state index is 12.2. The van der Waals surface area contributed by atoms with E-state index in [9.17, 15) is 9.90 Å². The Bertz CT molecular complexity index is 525. The highest BCUT2D eigenvalue weighted by molar-refractivity contribution is 5.77. The zero-order chi connectivity index (χ0) is 17.6. The molecule has 1 amide bonds. The molecule has 0 aliphatic carbocycles. The number of hydrazine groups is 1. The minimum Gasteiger partial charge on any atom is -0.390 e. The second-order valence-electron chi connectivity index (χ2n) is 7.31. The second kappa shape index (κ2) is 8.63. The van der Waals surface area contributed by atoms with Crippen molar-refractivity contribution in [2.45, 2.75) is 64.9 Å². The van der Waals surface area contributed by atoms with E-state index in [-0.39, 0.29) is 5.91 Å². The topological polar surface area (TPSA) is 43.8 Å². The Morgan fingerprint density at radius 1 is 1.17 bits per heavy atom. The molecule has 1 aromatic carbocycles. The first-order valence-electron chi connectivity index (χ1n) is 9.24. The van der Waals surface area contributed by atoms with Crippen molar-refractivity contribution in [1.82, 2.24) is 10.0 Å². The van der Waals surface area contributed by atoms with Crippen molar-refractivity contribution >= 4 is 5.91 Å². The van der Waals surface area contributed by atoms with Gasteiger partial charge in [-0.1, -0.05) is 43.2 Å². The lowest BCUT2D eigenvalue weighted by atomic mass is 9.95. The van der Waals surface area contributed by atoms with Crippen molar-refractivity contribution in [2.75, 3.05) is 19.6 Å². The van der Waals surface area contributed by atoms with E-state index < -0.39 is 5.60 Å². The predicted octanol–water partition coefficient (Wildman–Crippen LogP) is 3.32. The molecule has 1 aliphatic heterocycles. The van der Waals surface area contributed by atoms with Gasteiger partial charge < -0.3 is 5.11 Å². The van der Waals surface area contributed by atoms with Crippen molar-refractivity contribution < 1.29 is 9.90 Å². The fraction of sp³-hybridized carbons (Fsp3) is 0.650. The van der Waals surface area contributed by atoms with Gasteiger partial charge in [0.25, 0.3) is 0 Å². The highest BCUT2D eigenvalue weighted by atomic mass is 16.3. The number of aryl methyl sites for hydroxylation is 1. The lowest BCUT2D eigenvalue weighted by Crippen LogP contribution is -2.41. The Morgan fingerprint density at radius 2 is 1.88 bits per heavy atom. The van der Waals surface area contributed by atoms with Gasteiger partial charge in [0.15, 0.2) is 0 Å². The molecule has 0 radical (unpaired) electrons. The van der Waals surface area contributed by atoms with E-state index in [4.69, 9.17) is 0 Å². The van der Waals surface area contributed by atoms with E-state index in [0.717, 1.165) is 51.7 Å². The Kier molecular flexibility index (Phi) is 6.81. The summed E-state index contributed by atoms with van der Waals surface area (Å²) < 4.78 is 0. The number of carbonyl (C=O) groups excluding carboxylic acids is 1. The van der Waals surface area contributed by atoms with Crippen LogP contribution in [-0.2, 0) is 11.2 Å². The molecule has 0 saturated carbocycles. The summed E-state index contributed by atoms with van der Waals surface area (Å²) in [5, 5.41) is 14.4. The van der Waals surface area contributed by atoms with E-state index >= 15 is 0 Å². The Balaban J connectivity index is 1.81. The quantitative estimate of drug-likeness (QED) is 0.754. The van der Waals surface area contributed by atoms with Crippen LogP contribution in [0.5, 0.6) is 0 Å². The van der Waals surface area contributed by atoms with E-state index in [1.807, 2.05) is 11.9 Å². The van der Waals surface area contributed by atoms with E-state index in [2.05, 4.69) is 43.1 Å². The van der Waals surface area contributed by atoms with Crippen LogP contribution in [0, 0.1) is 6.92 Å². The van der Waals surface area contributed by atoms with Crippen molar-refractivity contribution in [3.8, 4) is 0 Å². The average molecular weight is 332 g/mol. The minimum atomic E-state index is -0.578. The first-order valence-corrected chi connectivity index (χ1v) is 9.24. The van der Waals surface area contributed by atoms with Gasteiger partial charge in [0.2, 0.25) is 5.91 Å². The molecule has 1 aliphatic rings. The Labute approximate surface area is 146 Å².